The zero-order valence-electron chi connectivity index (χ0n) is 11.4. The van der Waals surface area contributed by atoms with Crippen molar-refractivity contribution in [2.45, 2.75) is 37.8 Å². The molecule has 1 aliphatic carbocycles. The van der Waals surface area contributed by atoms with Gasteiger partial charge >= 0.3 is 6.03 Å². The van der Waals surface area contributed by atoms with Gasteiger partial charge in [-0.2, -0.15) is 0 Å². The number of amides is 2. The first kappa shape index (κ1) is 13.6. The molecule has 5 heteroatoms. The van der Waals surface area contributed by atoms with Crippen LogP contribution in [0.25, 0.3) is 0 Å². The van der Waals surface area contributed by atoms with Crippen molar-refractivity contribution in [3.05, 3.63) is 0 Å². The second-order valence-corrected chi connectivity index (χ2v) is 5.36. The first-order valence-electron chi connectivity index (χ1n) is 6.82. The summed E-state index contributed by atoms with van der Waals surface area (Å²) in [4.78, 5) is 13.8. The fourth-order valence-corrected chi connectivity index (χ4v) is 2.54. The molecule has 1 N–H and O–H groups in total. The zero-order chi connectivity index (χ0) is 13.0. The zero-order valence-corrected chi connectivity index (χ0v) is 11.4. The maximum Gasteiger partial charge on any atom is 0.317 e. The Hall–Kier alpha value is -0.810. The highest BCUT2D eigenvalue weighted by atomic mass is 16.5. The van der Waals surface area contributed by atoms with Crippen LogP contribution in [0.5, 0.6) is 0 Å². The predicted octanol–water partition coefficient (Wildman–Crippen LogP) is 1.23. The van der Waals surface area contributed by atoms with Crippen molar-refractivity contribution in [3.63, 3.8) is 0 Å². The van der Waals surface area contributed by atoms with Crippen molar-refractivity contribution in [2.24, 2.45) is 5.92 Å². The maximum atomic E-state index is 11.9. The van der Waals surface area contributed by atoms with Gasteiger partial charge in [-0.15, -0.1) is 0 Å². The van der Waals surface area contributed by atoms with E-state index in [1.165, 1.54) is 0 Å². The molecule has 18 heavy (non-hydrogen) atoms. The molecule has 1 unspecified atom stereocenters. The average Bonchev–Trinajstić information content (AvgIpc) is 2.35. The number of carbonyl (C=O) groups excluding carboxylic acids is 1. The van der Waals surface area contributed by atoms with Gasteiger partial charge in [0.15, 0.2) is 0 Å². The lowest BCUT2D eigenvalue weighted by molar-refractivity contribution is -0.00883. The molecule has 1 saturated carbocycles. The number of nitrogens with zero attached hydrogens (tertiary/aromatic N) is 1. The number of urea groups is 1. The summed E-state index contributed by atoms with van der Waals surface area (Å²) in [5.74, 6) is 0.476. The van der Waals surface area contributed by atoms with Gasteiger partial charge in [0.1, 0.15) is 0 Å². The number of hydrogen-bond acceptors (Lipinski definition) is 3. The Labute approximate surface area is 109 Å². The largest absolute Gasteiger partial charge is 0.381 e. The molecule has 0 bridgehead atoms. The lowest BCUT2D eigenvalue weighted by Crippen LogP contribution is -2.52. The van der Waals surface area contributed by atoms with Crippen molar-refractivity contribution in [1.29, 1.82) is 0 Å². The van der Waals surface area contributed by atoms with Crippen LogP contribution in [0.3, 0.4) is 0 Å². The third-order valence-electron chi connectivity index (χ3n) is 4.07. The monoisotopic (exact) mass is 256 g/mol. The molecule has 2 rings (SSSR count). The van der Waals surface area contributed by atoms with Gasteiger partial charge < -0.3 is 19.7 Å². The summed E-state index contributed by atoms with van der Waals surface area (Å²) in [6.45, 7) is 2.37. The number of rotatable bonds is 4. The molecular weight excluding hydrogens is 232 g/mol. The molecular formula is C13H24N2O3. The van der Waals surface area contributed by atoms with Gasteiger partial charge in [-0.3, -0.25) is 0 Å². The lowest BCUT2D eigenvalue weighted by atomic mass is 9.88. The molecule has 0 spiro atoms. The molecule has 0 aromatic heterocycles. The Bertz CT molecular complexity index is 273. The highest BCUT2D eigenvalue weighted by molar-refractivity contribution is 5.74. The van der Waals surface area contributed by atoms with Gasteiger partial charge in [-0.05, 0) is 31.6 Å². The Kier molecular flexibility index (Phi) is 4.83. The van der Waals surface area contributed by atoms with E-state index in [0.29, 0.717) is 18.1 Å². The SMILES string of the molecule is COC1CC(N(C)C(=O)NCC2CCCOC2)C1. The van der Waals surface area contributed by atoms with Crippen LogP contribution in [0.4, 0.5) is 4.79 Å². The lowest BCUT2D eigenvalue weighted by Gasteiger charge is -2.40. The number of carbonyl (C=O) groups is 1. The second-order valence-electron chi connectivity index (χ2n) is 5.36. The molecule has 1 aliphatic heterocycles. The van der Waals surface area contributed by atoms with E-state index in [-0.39, 0.29) is 6.03 Å². The second kappa shape index (κ2) is 6.38. The smallest absolute Gasteiger partial charge is 0.317 e. The molecule has 0 radical (unpaired) electrons. The van der Waals surface area contributed by atoms with E-state index in [1.807, 2.05) is 7.05 Å². The number of methoxy groups -OCH3 is 1. The minimum Gasteiger partial charge on any atom is -0.381 e. The summed E-state index contributed by atoms with van der Waals surface area (Å²) in [6.07, 6.45) is 4.49. The van der Waals surface area contributed by atoms with Crippen molar-refractivity contribution >= 4 is 6.03 Å². The van der Waals surface area contributed by atoms with Crippen LogP contribution < -0.4 is 5.32 Å². The maximum absolute atomic E-state index is 11.9. The van der Waals surface area contributed by atoms with Crippen LogP contribution in [-0.4, -0.2) is 57.0 Å². The van der Waals surface area contributed by atoms with Gasteiger partial charge in [0.2, 0.25) is 0 Å². The minimum atomic E-state index is 0.0279. The Morgan fingerprint density at radius 2 is 2.28 bits per heavy atom. The average molecular weight is 256 g/mol. The van der Waals surface area contributed by atoms with Crippen molar-refractivity contribution in [2.75, 3.05) is 33.9 Å². The van der Waals surface area contributed by atoms with Crippen LogP contribution in [0.1, 0.15) is 25.7 Å². The Morgan fingerprint density at radius 1 is 1.50 bits per heavy atom. The summed E-state index contributed by atoms with van der Waals surface area (Å²) in [6, 6.07) is 0.359. The number of ether oxygens (including phenoxy) is 2. The molecule has 2 aliphatic rings. The molecule has 1 atom stereocenters. The van der Waals surface area contributed by atoms with E-state index in [1.54, 1.807) is 12.0 Å². The summed E-state index contributed by atoms with van der Waals surface area (Å²) >= 11 is 0. The quantitative estimate of drug-likeness (QED) is 0.823. The molecule has 1 saturated heterocycles. The summed E-state index contributed by atoms with van der Waals surface area (Å²) in [5, 5.41) is 3.00. The van der Waals surface area contributed by atoms with Gasteiger partial charge in [0, 0.05) is 33.4 Å². The molecule has 104 valence electrons. The summed E-state index contributed by atoms with van der Waals surface area (Å²) in [7, 11) is 3.59. The van der Waals surface area contributed by atoms with Crippen LogP contribution >= 0.6 is 0 Å². The molecule has 2 amide bonds. The van der Waals surface area contributed by atoms with E-state index >= 15 is 0 Å². The van der Waals surface area contributed by atoms with Gasteiger partial charge in [-0.1, -0.05) is 0 Å². The Morgan fingerprint density at radius 3 is 2.89 bits per heavy atom. The highest BCUT2D eigenvalue weighted by Gasteiger charge is 2.34. The number of hydrogen-bond donors (Lipinski definition) is 1. The van der Waals surface area contributed by atoms with E-state index in [9.17, 15) is 4.79 Å². The molecule has 5 nitrogen and oxygen atoms in total. The predicted molar refractivity (Wildman–Crippen MR) is 68.5 cm³/mol. The van der Waals surface area contributed by atoms with Crippen LogP contribution in [0.2, 0.25) is 0 Å². The fourth-order valence-electron chi connectivity index (χ4n) is 2.54. The van der Waals surface area contributed by atoms with Gasteiger partial charge in [0.05, 0.1) is 12.7 Å². The Balaban J connectivity index is 1.64. The van der Waals surface area contributed by atoms with Crippen molar-refractivity contribution in [1.82, 2.24) is 10.2 Å². The molecule has 0 aromatic rings. The van der Waals surface area contributed by atoms with Crippen molar-refractivity contribution in [3.8, 4) is 0 Å². The van der Waals surface area contributed by atoms with Gasteiger partial charge in [-0.25, -0.2) is 4.79 Å². The van der Waals surface area contributed by atoms with Crippen LogP contribution in [0.15, 0.2) is 0 Å². The molecule has 2 fully saturated rings. The van der Waals surface area contributed by atoms with Crippen LogP contribution in [-0.2, 0) is 9.47 Å². The first-order chi connectivity index (χ1) is 8.70. The van der Waals surface area contributed by atoms with E-state index in [0.717, 1.165) is 45.4 Å². The molecule has 1 heterocycles. The molecule has 0 aromatic carbocycles. The summed E-state index contributed by atoms with van der Waals surface area (Å²) < 4.78 is 10.6. The minimum absolute atomic E-state index is 0.0279. The fraction of sp³-hybridized carbons (Fsp3) is 0.923. The number of nitrogens with one attached hydrogen (secondary N) is 1. The third kappa shape index (κ3) is 3.36. The normalized spacial score (nSPS) is 31.6. The first-order valence-corrected chi connectivity index (χ1v) is 6.82. The van der Waals surface area contributed by atoms with E-state index in [4.69, 9.17) is 9.47 Å². The van der Waals surface area contributed by atoms with Crippen molar-refractivity contribution < 1.29 is 14.3 Å². The summed E-state index contributed by atoms with van der Waals surface area (Å²) in [5.41, 5.74) is 0. The standard InChI is InChI=1S/C13H24N2O3/c1-15(11-6-12(7-11)17-2)13(16)14-8-10-4-3-5-18-9-10/h10-12H,3-9H2,1-2H3,(H,14,16). The van der Waals surface area contributed by atoms with Crippen LogP contribution in [0, 0.1) is 5.92 Å². The third-order valence-corrected chi connectivity index (χ3v) is 4.07. The van der Waals surface area contributed by atoms with E-state index in [2.05, 4.69) is 5.32 Å². The highest BCUT2D eigenvalue weighted by Crippen LogP contribution is 2.26. The van der Waals surface area contributed by atoms with E-state index < -0.39 is 0 Å². The van der Waals surface area contributed by atoms with Gasteiger partial charge in [0.25, 0.3) is 0 Å². The topological polar surface area (TPSA) is 50.8 Å².